The topological polar surface area (TPSA) is 40.6 Å². The zero-order valence-electron chi connectivity index (χ0n) is 13.9. The number of fused-ring (bicyclic) bond motifs is 2. The summed E-state index contributed by atoms with van der Waals surface area (Å²) in [6.07, 6.45) is 1.85. The molecule has 0 spiro atoms. The molecule has 2 atom stereocenters. The summed E-state index contributed by atoms with van der Waals surface area (Å²) in [6, 6.07) is 17.8. The van der Waals surface area contributed by atoms with E-state index in [1.807, 2.05) is 24.3 Å². The fraction of sp³-hybridized carbons (Fsp3) is 0.300. The van der Waals surface area contributed by atoms with E-state index in [-0.39, 0.29) is 0 Å². The maximum absolute atomic E-state index is 12.9. The Morgan fingerprint density at radius 1 is 0.760 bits per heavy atom. The van der Waals surface area contributed by atoms with Crippen LogP contribution in [0.2, 0.25) is 0 Å². The van der Waals surface area contributed by atoms with Crippen LogP contribution in [0.1, 0.15) is 5.56 Å². The number of likely N-dealkylation sites (tertiary alicyclic amines) is 1. The molecule has 5 rings (SSSR count). The van der Waals surface area contributed by atoms with Crippen molar-refractivity contribution in [2.45, 2.75) is 4.90 Å². The van der Waals surface area contributed by atoms with Crippen molar-refractivity contribution in [2.75, 3.05) is 31.1 Å². The summed E-state index contributed by atoms with van der Waals surface area (Å²) in [7, 11) is -3.35. The molecule has 2 aromatic carbocycles. The van der Waals surface area contributed by atoms with Crippen LogP contribution in [0.4, 0.5) is 5.69 Å². The maximum Gasteiger partial charge on any atom is 0.222 e. The first-order valence-electron chi connectivity index (χ1n) is 8.74. The molecular weight excluding hydrogens is 332 g/mol. The van der Waals surface area contributed by atoms with E-state index in [2.05, 4.69) is 34.1 Å². The third-order valence-corrected chi connectivity index (χ3v) is 7.56. The van der Waals surface area contributed by atoms with Gasteiger partial charge in [0.1, 0.15) is 5.03 Å². The number of rotatable bonds is 2. The molecule has 0 bridgehead atoms. The monoisotopic (exact) mass is 352 g/mol. The predicted molar refractivity (Wildman–Crippen MR) is 98.8 cm³/mol. The van der Waals surface area contributed by atoms with Crippen LogP contribution in [0, 0.1) is 11.8 Å². The first kappa shape index (κ1) is 15.0. The Labute approximate surface area is 148 Å². The van der Waals surface area contributed by atoms with Gasteiger partial charge in [-0.25, -0.2) is 8.42 Å². The molecule has 4 nitrogen and oxygen atoms in total. The predicted octanol–water partition coefficient (Wildman–Crippen LogP) is 2.84. The van der Waals surface area contributed by atoms with Crippen molar-refractivity contribution in [3.05, 3.63) is 65.2 Å². The van der Waals surface area contributed by atoms with Gasteiger partial charge < -0.3 is 9.80 Å². The van der Waals surface area contributed by atoms with E-state index in [1.165, 1.54) is 5.69 Å². The number of hydrogen-bond acceptors (Lipinski definition) is 4. The van der Waals surface area contributed by atoms with Gasteiger partial charge in [0.05, 0.1) is 4.90 Å². The largest absolute Gasteiger partial charge is 0.371 e. The number of nitrogens with zero attached hydrogens (tertiary/aromatic N) is 2. The summed E-state index contributed by atoms with van der Waals surface area (Å²) in [5, 5.41) is 0.495. The fourth-order valence-corrected chi connectivity index (χ4v) is 6.14. The van der Waals surface area contributed by atoms with Crippen LogP contribution in [-0.2, 0) is 9.84 Å². The number of anilines is 1. The molecule has 3 aliphatic rings. The van der Waals surface area contributed by atoms with Crippen molar-refractivity contribution >= 4 is 21.6 Å². The van der Waals surface area contributed by atoms with Gasteiger partial charge in [0.25, 0.3) is 0 Å². The smallest absolute Gasteiger partial charge is 0.222 e. The third-order valence-electron chi connectivity index (χ3n) is 5.68. The van der Waals surface area contributed by atoms with Gasteiger partial charge in [-0.2, -0.15) is 0 Å². The Morgan fingerprint density at radius 3 is 2.04 bits per heavy atom. The van der Waals surface area contributed by atoms with Gasteiger partial charge in [0, 0.05) is 43.7 Å². The van der Waals surface area contributed by atoms with Crippen LogP contribution in [0.5, 0.6) is 0 Å². The minimum Gasteiger partial charge on any atom is -0.371 e. The summed E-state index contributed by atoms with van der Waals surface area (Å²) in [4.78, 5) is 4.97. The van der Waals surface area contributed by atoms with Gasteiger partial charge >= 0.3 is 0 Å². The standard InChI is InChI=1S/C20H20N2O2S/c23-25(24)19-9-5-4-6-15(19)10-20(25)22-13-16-11-21(12-17(16)14-22)18-7-2-1-3-8-18/h1-10,16-17H,11-14H2. The lowest BCUT2D eigenvalue weighted by molar-refractivity contribution is 0.417. The van der Waals surface area contributed by atoms with Crippen molar-refractivity contribution in [1.82, 2.24) is 4.90 Å². The van der Waals surface area contributed by atoms with E-state index in [4.69, 9.17) is 0 Å². The molecule has 2 unspecified atom stereocenters. The Kier molecular flexibility index (Phi) is 3.22. The molecule has 128 valence electrons. The normalized spacial score (nSPS) is 26.5. The molecule has 0 aliphatic carbocycles. The second-order valence-electron chi connectivity index (χ2n) is 7.19. The van der Waals surface area contributed by atoms with Crippen LogP contribution in [-0.4, -0.2) is 39.5 Å². The Bertz CT molecular complexity index is 939. The number of sulfone groups is 1. The summed E-state index contributed by atoms with van der Waals surface area (Å²) in [6.45, 7) is 3.66. The molecule has 0 N–H and O–H groups in total. The zero-order chi connectivity index (χ0) is 17.0. The number of benzene rings is 2. The van der Waals surface area contributed by atoms with Crippen LogP contribution >= 0.6 is 0 Å². The quantitative estimate of drug-likeness (QED) is 0.833. The molecule has 3 heterocycles. The Morgan fingerprint density at radius 2 is 1.36 bits per heavy atom. The lowest BCUT2D eigenvalue weighted by Gasteiger charge is -2.24. The molecule has 0 radical (unpaired) electrons. The van der Waals surface area contributed by atoms with E-state index >= 15 is 0 Å². The van der Waals surface area contributed by atoms with Gasteiger partial charge in [-0.15, -0.1) is 0 Å². The van der Waals surface area contributed by atoms with Crippen LogP contribution < -0.4 is 4.90 Å². The van der Waals surface area contributed by atoms with Gasteiger partial charge in [-0.1, -0.05) is 36.4 Å². The minimum absolute atomic E-state index is 0.452. The van der Waals surface area contributed by atoms with E-state index in [0.717, 1.165) is 31.7 Å². The SMILES string of the molecule is O=S1(=O)C(N2CC3CN(c4ccccc4)CC3C2)=Cc2ccccc21. The average molecular weight is 352 g/mol. The average Bonchev–Trinajstić information content (AvgIpc) is 3.26. The molecule has 2 aromatic rings. The van der Waals surface area contributed by atoms with Crippen molar-refractivity contribution in [2.24, 2.45) is 11.8 Å². The molecule has 0 saturated carbocycles. The zero-order valence-corrected chi connectivity index (χ0v) is 14.7. The van der Waals surface area contributed by atoms with E-state index in [1.54, 1.807) is 12.1 Å². The van der Waals surface area contributed by atoms with Gasteiger partial charge in [0.2, 0.25) is 9.84 Å². The first-order chi connectivity index (χ1) is 12.1. The number of hydrogen-bond donors (Lipinski definition) is 0. The van der Waals surface area contributed by atoms with Crippen LogP contribution in [0.15, 0.2) is 64.5 Å². The highest BCUT2D eigenvalue weighted by molar-refractivity contribution is 7.95. The summed E-state index contributed by atoms with van der Waals surface area (Å²) in [5.41, 5.74) is 2.09. The highest BCUT2D eigenvalue weighted by Gasteiger charge is 2.44. The van der Waals surface area contributed by atoms with Gasteiger partial charge in [0.15, 0.2) is 0 Å². The second kappa shape index (κ2) is 5.36. The lowest BCUT2D eigenvalue weighted by atomic mass is 10.0. The molecule has 5 heteroatoms. The maximum atomic E-state index is 12.9. The molecule has 2 saturated heterocycles. The third kappa shape index (κ3) is 2.29. The summed E-state index contributed by atoms with van der Waals surface area (Å²) < 4.78 is 25.7. The van der Waals surface area contributed by atoms with Crippen molar-refractivity contribution in [1.29, 1.82) is 0 Å². The summed E-state index contributed by atoms with van der Waals surface area (Å²) in [5.74, 6) is 1.06. The fourth-order valence-electron chi connectivity index (χ4n) is 4.45. The molecule has 0 amide bonds. The van der Waals surface area contributed by atoms with Gasteiger partial charge in [-0.05, 0) is 29.8 Å². The molecule has 3 aliphatic heterocycles. The molecular formula is C20H20N2O2S. The van der Waals surface area contributed by atoms with Crippen molar-refractivity contribution < 1.29 is 8.42 Å². The van der Waals surface area contributed by atoms with Crippen LogP contribution in [0.25, 0.3) is 6.08 Å². The van der Waals surface area contributed by atoms with Crippen molar-refractivity contribution in [3.8, 4) is 0 Å². The van der Waals surface area contributed by atoms with E-state index in [9.17, 15) is 8.42 Å². The van der Waals surface area contributed by atoms with E-state index in [0.29, 0.717) is 21.8 Å². The second-order valence-corrected chi connectivity index (χ2v) is 9.05. The Hall–Kier alpha value is -2.27. The lowest BCUT2D eigenvalue weighted by Crippen LogP contribution is -2.30. The van der Waals surface area contributed by atoms with Crippen molar-refractivity contribution in [3.63, 3.8) is 0 Å². The van der Waals surface area contributed by atoms with Gasteiger partial charge in [-0.3, -0.25) is 0 Å². The molecule has 25 heavy (non-hydrogen) atoms. The molecule has 2 fully saturated rings. The minimum atomic E-state index is -3.35. The number of para-hydroxylation sites is 1. The first-order valence-corrected chi connectivity index (χ1v) is 10.2. The molecule has 0 aromatic heterocycles. The van der Waals surface area contributed by atoms with E-state index < -0.39 is 9.84 Å². The Balaban J connectivity index is 1.36. The van der Waals surface area contributed by atoms with Crippen LogP contribution in [0.3, 0.4) is 0 Å². The summed E-state index contributed by atoms with van der Waals surface area (Å²) >= 11 is 0. The highest BCUT2D eigenvalue weighted by atomic mass is 32.2. The highest BCUT2D eigenvalue weighted by Crippen LogP contribution is 2.40.